The lowest BCUT2D eigenvalue weighted by atomic mass is 10.2. The highest BCUT2D eigenvalue weighted by atomic mass is 16.4. The Labute approximate surface area is 178 Å². The lowest BCUT2D eigenvalue weighted by Gasteiger charge is -2.06. The number of aliphatic carboxylic acids is 5. The number of aliphatic hydroxyl groups excluding tert-OH is 1. The van der Waals surface area contributed by atoms with Gasteiger partial charge in [-0.15, -0.1) is 0 Å². The van der Waals surface area contributed by atoms with E-state index >= 15 is 0 Å². The third-order valence-electron chi connectivity index (χ3n) is 2.15. The molecule has 0 aliphatic rings. The topological polar surface area (TPSA) is 337 Å². The van der Waals surface area contributed by atoms with Crippen molar-refractivity contribution in [1.29, 1.82) is 0 Å². The normalized spacial score (nSPS) is 13.6. The van der Waals surface area contributed by atoms with Gasteiger partial charge < -0.3 is 59.3 Å². The van der Waals surface area contributed by atoms with Crippen LogP contribution in [0.5, 0.6) is 0 Å². The van der Waals surface area contributed by atoms with Gasteiger partial charge in [-0.05, 0) is 27.7 Å². The Balaban J connectivity index is -0.0000000917. The molecule has 0 aromatic carbocycles. The van der Waals surface area contributed by atoms with Crippen LogP contribution in [0.25, 0.3) is 0 Å². The molecule has 186 valence electrons. The molecule has 0 bridgehead atoms. The van der Waals surface area contributed by atoms with Crippen molar-refractivity contribution in [2.45, 2.75) is 58.0 Å². The van der Waals surface area contributed by atoms with Crippen molar-refractivity contribution >= 4 is 29.8 Å². The SMILES string of the molecule is C[C@@H](O)[C@H](N)C(=O)O.C[C@H](N)C(=O)O.C[C@H](N)C(=O)O.C[C@H](N)C(=O)O.NCC(=O)O. The molecule has 0 aromatic rings. The second-order valence-electron chi connectivity index (χ2n) is 5.58. The second kappa shape index (κ2) is 23.4. The van der Waals surface area contributed by atoms with Crippen molar-refractivity contribution in [3.63, 3.8) is 0 Å². The number of hydrogen-bond donors (Lipinski definition) is 11. The molecule has 0 aromatic heterocycles. The van der Waals surface area contributed by atoms with E-state index in [2.05, 4.69) is 5.73 Å². The zero-order valence-electron chi connectivity index (χ0n) is 17.7. The molecule has 0 spiro atoms. The van der Waals surface area contributed by atoms with Gasteiger partial charge in [0.05, 0.1) is 12.6 Å². The number of aliphatic hydroxyl groups is 1. The van der Waals surface area contributed by atoms with Gasteiger partial charge in [0.15, 0.2) is 0 Å². The van der Waals surface area contributed by atoms with Gasteiger partial charge in [-0.1, -0.05) is 0 Å². The molecule has 31 heavy (non-hydrogen) atoms. The smallest absolute Gasteiger partial charge is 0.323 e. The Bertz CT molecular complexity index is 483. The molecule has 0 radical (unpaired) electrons. The van der Waals surface area contributed by atoms with Crippen molar-refractivity contribution in [2.24, 2.45) is 28.7 Å². The fourth-order valence-corrected chi connectivity index (χ4v) is 0.206. The molecule has 5 atom stereocenters. The van der Waals surface area contributed by atoms with Crippen molar-refractivity contribution in [3.8, 4) is 0 Å². The van der Waals surface area contributed by atoms with Crippen LogP contribution in [0.2, 0.25) is 0 Å². The van der Waals surface area contributed by atoms with Crippen molar-refractivity contribution < 1.29 is 54.6 Å². The summed E-state index contributed by atoms with van der Waals surface area (Å²) in [5.74, 6) is -5.04. The molecular formula is C15H35N5O11. The van der Waals surface area contributed by atoms with Crippen LogP contribution in [0.3, 0.4) is 0 Å². The predicted molar refractivity (Wildman–Crippen MR) is 108 cm³/mol. The Kier molecular flexibility index (Phi) is 29.2. The van der Waals surface area contributed by atoms with Gasteiger partial charge in [0.25, 0.3) is 0 Å². The number of carboxylic acid groups (broad SMARTS) is 5. The van der Waals surface area contributed by atoms with Crippen LogP contribution in [0.15, 0.2) is 0 Å². The zero-order chi connectivity index (χ0) is 26.5. The van der Waals surface area contributed by atoms with Crippen molar-refractivity contribution in [2.75, 3.05) is 6.54 Å². The van der Waals surface area contributed by atoms with E-state index in [-0.39, 0.29) is 6.54 Å². The van der Waals surface area contributed by atoms with Crippen LogP contribution >= 0.6 is 0 Å². The number of nitrogens with two attached hydrogens (primary N) is 5. The zero-order valence-corrected chi connectivity index (χ0v) is 17.7. The third kappa shape index (κ3) is 46.8. The molecule has 0 saturated heterocycles. The van der Waals surface area contributed by atoms with E-state index in [4.69, 9.17) is 53.6 Å². The minimum atomic E-state index is -1.18. The molecule has 0 aliphatic carbocycles. The standard InChI is InChI=1S/C4H9NO3.3C3H7NO2.C2H5NO2/c1-2(6)3(5)4(7)8;3*1-2(4)3(5)6;3-1-2(4)5/h2-3,6H,5H2,1H3,(H,7,8);3*2H,4H2,1H3,(H,5,6);1,3H2,(H,4,5)/t2-,3+;3*2-;/m1000./s1. The van der Waals surface area contributed by atoms with E-state index in [9.17, 15) is 24.0 Å². The van der Waals surface area contributed by atoms with E-state index in [1.807, 2.05) is 0 Å². The van der Waals surface area contributed by atoms with E-state index in [1.165, 1.54) is 27.7 Å². The summed E-state index contributed by atoms with van der Waals surface area (Å²) in [4.78, 5) is 47.8. The molecule has 0 amide bonds. The number of rotatable bonds is 6. The number of carbonyl (C=O) groups is 5. The summed E-state index contributed by atoms with van der Waals surface area (Å²) in [7, 11) is 0. The highest BCUT2D eigenvalue weighted by Crippen LogP contribution is 1.85. The molecule has 0 saturated carbocycles. The fourth-order valence-electron chi connectivity index (χ4n) is 0.206. The molecular weight excluding hydrogens is 426 g/mol. The summed E-state index contributed by atoms with van der Waals surface area (Å²) in [6.07, 6.45) is -0.979. The second-order valence-corrected chi connectivity index (χ2v) is 5.58. The highest BCUT2D eigenvalue weighted by molar-refractivity contribution is 5.74. The van der Waals surface area contributed by atoms with Gasteiger partial charge in [-0.25, -0.2) is 0 Å². The van der Waals surface area contributed by atoms with Crippen LogP contribution in [-0.2, 0) is 24.0 Å². The Morgan fingerprint density at radius 2 is 0.774 bits per heavy atom. The summed E-state index contributed by atoms with van der Waals surface area (Å²) >= 11 is 0. The van der Waals surface area contributed by atoms with Crippen molar-refractivity contribution in [1.82, 2.24) is 0 Å². The molecule has 0 heterocycles. The number of carboxylic acids is 5. The van der Waals surface area contributed by atoms with Gasteiger partial charge in [0.1, 0.15) is 24.2 Å². The van der Waals surface area contributed by atoms with E-state index in [1.54, 1.807) is 0 Å². The monoisotopic (exact) mass is 461 g/mol. The molecule has 16 heteroatoms. The summed E-state index contributed by atoms with van der Waals surface area (Å²) in [5.41, 5.74) is 24.0. The van der Waals surface area contributed by atoms with E-state index < -0.39 is 60.1 Å². The van der Waals surface area contributed by atoms with Gasteiger partial charge >= 0.3 is 29.8 Å². The van der Waals surface area contributed by atoms with Crippen LogP contribution < -0.4 is 28.7 Å². The maximum Gasteiger partial charge on any atom is 0.323 e. The van der Waals surface area contributed by atoms with Gasteiger partial charge in [-0.2, -0.15) is 0 Å². The highest BCUT2D eigenvalue weighted by Gasteiger charge is 2.16. The van der Waals surface area contributed by atoms with E-state index in [0.717, 1.165) is 0 Å². The average Bonchev–Trinajstić information content (AvgIpc) is 2.62. The van der Waals surface area contributed by atoms with Crippen LogP contribution in [-0.4, -0.2) is 97.3 Å². The van der Waals surface area contributed by atoms with Crippen LogP contribution in [0, 0.1) is 0 Å². The molecule has 16 nitrogen and oxygen atoms in total. The molecule has 16 N–H and O–H groups in total. The molecule has 0 unspecified atom stereocenters. The minimum Gasteiger partial charge on any atom is -0.480 e. The summed E-state index contributed by atoms with van der Waals surface area (Å²) in [6.45, 7) is 5.31. The minimum absolute atomic E-state index is 0.278. The van der Waals surface area contributed by atoms with Crippen molar-refractivity contribution in [3.05, 3.63) is 0 Å². The quantitative estimate of drug-likeness (QED) is 0.180. The third-order valence-corrected chi connectivity index (χ3v) is 2.15. The molecule has 0 aliphatic heterocycles. The summed E-state index contributed by atoms with van der Waals surface area (Å²) in [6, 6.07) is -3.35. The van der Waals surface area contributed by atoms with Gasteiger partial charge in [0.2, 0.25) is 0 Å². The average molecular weight is 461 g/mol. The predicted octanol–water partition coefficient (Wildman–Crippen LogP) is -3.94. The van der Waals surface area contributed by atoms with Crippen LogP contribution in [0.1, 0.15) is 27.7 Å². The first-order valence-corrected chi connectivity index (χ1v) is 8.29. The van der Waals surface area contributed by atoms with E-state index in [0.29, 0.717) is 0 Å². The molecule has 0 fully saturated rings. The Hall–Kier alpha value is -2.89. The molecule has 0 rings (SSSR count). The first-order chi connectivity index (χ1) is 13.8. The maximum atomic E-state index is 9.86. The number of hydrogen-bond acceptors (Lipinski definition) is 11. The van der Waals surface area contributed by atoms with Gasteiger partial charge in [0, 0.05) is 0 Å². The summed E-state index contributed by atoms with van der Waals surface area (Å²) < 4.78 is 0. The van der Waals surface area contributed by atoms with Gasteiger partial charge in [-0.3, -0.25) is 24.0 Å². The first-order valence-electron chi connectivity index (χ1n) is 8.29. The summed E-state index contributed by atoms with van der Waals surface area (Å²) in [5, 5.41) is 47.7. The lowest BCUT2D eigenvalue weighted by molar-refractivity contribution is -0.141. The largest absolute Gasteiger partial charge is 0.480 e. The first kappa shape index (κ1) is 38.7. The van der Waals surface area contributed by atoms with Crippen LogP contribution in [0.4, 0.5) is 0 Å². The lowest BCUT2D eigenvalue weighted by Crippen LogP contribution is -2.39. The Morgan fingerprint density at radius 3 is 0.774 bits per heavy atom. The Morgan fingerprint density at radius 1 is 0.613 bits per heavy atom. The maximum absolute atomic E-state index is 9.86. The fraction of sp³-hybridized carbons (Fsp3) is 0.667.